The molecule has 15 heavy (non-hydrogen) atoms. The van der Waals surface area contributed by atoms with Crippen molar-refractivity contribution in [1.29, 1.82) is 0 Å². The highest BCUT2D eigenvalue weighted by atomic mass is 16.1. The molecular weight excluding hydrogens is 186 g/mol. The molecule has 0 saturated carbocycles. The first kappa shape index (κ1) is 10.2. The number of carbonyl (C=O) groups is 1. The van der Waals surface area contributed by atoms with E-state index in [0.29, 0.717) is 6.42 Å². The molecule has 80 valence electrons. The number of hydrogen-bond donors (Lipinski definition) is 1. The molecule has 1 amide bonds. The number of fused-ring (bicyclic) bond motifs is 1. The van der Waals surface area contributed by atoms with Crippen LogP contribution in [0.4, 0.5) is 5.69 Å². The lowest BCUT2D eigenvalue weighted by Gasteiger charge is -2.03. The molecule has 0 aromatic heterocycles. The summed E-state index contributed by atoms with van der Waals surface area (Å²) in [6.07, 6.45) is 5.47. The summed E-state index contributed by atoms with van der Waals surface area (Å²) < 4.78 is 0. The number of nitrogens with one attached hydrogen (secondary N) is 1. The van der Waals surface area contributed by atoms with Crippen molar-refractivity contribution in [3.63, 3.8) is 0 Å². The topological polar surface area (TPSA) is 29.1 Å². The normalized spacial score (nSPS) is 13.8. The second-order valence-electron chi connectivity index (χ2n) is 4.17. The Kier molecular flexibility index (Phi) is 3.05. The second kappa shape index (κ2) is 4.47. The van der Waals surface area contributed by atoms with Crippen LogP contribution >= 0.6 is 0 Å². The van der Waals surface area contributed by atoms with Crippen LogP contribution in [0, 0.1) is 0 Å². The minimum Gasteiger partial charge on any atom is -0.326 e. The van der Waals surface area contributed by atoms with E-state index in [-0.39, 0.29) is 5.91 Å². The first-order valence-corrected chi connectivity index (χ1v) is 5.71. The maximum absolute atomic E-state index is 11.2. The average Bonchev–Trinajstić information content (AvgIpc) is 2.57. The molecule has 2 nitrogen and oxygen atoms in total. The summed E-state index contributed by atoms with van der Waals surface area (Å²) in [7, 11) is 0. The van der Waals surface area contributed by atoms with Crippen LogP contribution in [0.2, 0.25) is 0 Å². The van der Waals surface area contributed by atoms with Crippen molar-refractivity contribution in [2.24, 2.45) is 0 Å². The Bertz CT molecular complexity index is 371. The Morgan fingerprint density at radius 2 is 2.20 bits per heavy atom. The average molecular weight is 203 g/mol. The van der Waals surface area contributed by atoms with Gasteiger partial charge in [0.2, 0.25) is 5.91 Å². The highest BCUT2D eigenvalue weighted by Crippen LogP contribution is 2.24. The minimum atomic E-state index is 0.121. The monoisotopic (exact) mass is 203 g/mol. The Hall–Kier alpha value is -1.31. The minimum absolute atomic E-state index is 0.121. The van der Waals surface area contributed by atoms with E-state index in [4.69, 9.17) is 0 Å². The Balaban J connectivity index is 2.03. The van der Waals surface area contributed by atoms with Gasteiger partial charge in [-0.3, -0.25) is 4.79 Å². The number of rotatable bonds is 4. The number of carbonyl (C=O) groups excluding carboxylic acids is 1. The largest absolute Gasteiger partial charge is 0.326 e. The lowest BCUT2D eigenvalue weighted by atomic mass is 10.0. The van der Waals surface area contributed by atoms with Crippen LogP contribution in [0.5, 0.6) is 0 Å². The third-order valence-corrected chi connectivity index (χ3v) is 2.86. The van der Waals surface area contributed by atoms with Crippen molar-refractivity contribution in [1.82, 2.24) is 0 Å². The zero-order chi connectivity index (χ0) is 10.7. The van der Waals surface area contributed by atoms with E-state index < -0.39 is 0 Å². The lowest BCUT2D eigenvalue weighted by Crippen LogP contribution is -2.03. The van der Waals surface area contributed by atoms with Crippen LogP contribution in [-0.2, 0) is 17.6 Å². The maximum Gasteiger partial charge on any atom is 0.228 e. The summed E-state index contributed by atoms with van der Waals surface area (Å²) in [5.41, 5.74) is 3.52. The van der Waals surface area contributed by atoms with E-state index in [0.717, 1.165) is 17.7 Å². The zero-order valence-corrected chi connectivity index (χ0v) is 9.18. The van der Waals surface area contributed by atoms with Crippen LogP contribution < -0.4 is 5.32 Å². The third-order valence-electron chi connectivity index (χ3n) is 2.86. The smallest absolute Gasteiger partial charge is 0.228 e. The quantitative estimate of drug-likeness (QED) is 0.749. The molecule has 0 saturated heterocycles. The van der Waals surface area contributed by atoms with E-state index in [1.165, 1.54) is 24.8 Å². The van der Waals surface area contributed by atoms with E-state index in [1.807, 2.05) is 6.07 Å². The maximum atomic E-state index is 11.2. The molecule has 0 bridgehead atoms. The molecule has 0 spiro atoms. The van der Waals surface area contributed by atoms with Crippen LogP contribution in [0.25, 0.3) is 0 Å². The summed E-state index contributed by atoms with van der Waals surface area (Å²) in [5.74, 6) is 0.121. The van der Waals surface area contributed by atoms with Gasteiger partial charge >= 0.3 is 0 Å². The fourth-order valence-corrected chi connectivity index (χ4v) is 2.02. The molecule has 0 fully saturated rings. The van der Waals surface area contributed by atoms with Crippen molar-refractivity contribution in [2.75, 3.05) is 5.32 Å². The Morgan fingerprint density at radius 3 is 3.00 bits per heavy atom. The third kappa shape index (κ3) is 2.38. The molecule has 1 aromatic rings. The van der Waals surface area contributed by atoms with Gasteiger partial charge in [0, 0.05) is 5.69 Å². The number of amides is 1. The van der Waals surface area contributed by atoms with Gasteiger partial charge in [-0.1, -0.05) is 31.9 Å². The molecule has 0 atom stereocenters. The lowest BCUT2D eigenvalue weighted by molar-refractivity contribution is -0.115. The van der Waals surface area contributed by atoms with Crippen molar-refractivity contribution >= 4 is 11.6 Å². The first-order valence-electron chi connectivity index (χ1n) is 5.71. The fourth-order valence-electron chi connectivity index (χ4n) is 2.02. The number of aryl methyl sites for hydroxylation is 1. The SMILES string of the molecule is CCCCCc1ccc2c(c1)CC(=O)N2. The van der Waals surface area contributed by atoms with Crippen molar-refractivity contribution in [2.45, 2.75) is 39.0 Å². The molecule has 0 aliphatic carbocycles. The molecule has 2 rings (SSSR count). The van der Waals surface area contributed by atoms with Gasteiger partial charge in [0.1, 0.15) is 0 Å². The first-order chi connectivity index (χ1) is 7.29. The van der Waals surface area contributed by atoms with Gasteiger partial charge in [-0.05, 0) is 30.0 Å². The summed E-state index contributed by atoms with van der Waals surface area (Å²) in [5, 5.41) is 2.85. The summed E-state index contributed by atoms with van der Waals surface area (Å²) in [4.78, 5) is 11.2. The molecule has 0 unspecified atom stereocenters. The summed E-state index contributed by atoms with van der Waals surface area (Å²) in [6.45, 7) is 2.21. The van der Waals surface area contributed by atoms with Crippen LogP contribution in [-0.4, -0.2) is 5.91 Å². The summed E-state index contributed by atoms with van der Waals surface area (Å²) in [6, 6.07) is 6.32. The van der Waals surface area contributed by atoms with Gasteiger partial charge in [0.15, 0.2) is 0 Å². The fraction of sp³-hybridized carbons (Fsp3) is 0.462. The molecular formula is C13H17NO. The predicted molar refractivity (Wildman–Crippen MR) is 62.0 cm³/mol. The predicted octanol–water partition coefficient (Wildman–Crippen LogP) is 2.91. The second-order valence-corrected chi connectivity index (χ2v) is 4.17. The van der Waals surface area contributed by atoms with Crippen LogP contribution in [0.15, 0.2) is 18.2 Å². The van der Waals surface area contributed by atoms with E-state index in [2.05, 4.69) is 24.4 Å². The highest BCUT2D eigenvalue weighted by molar-refractivity contribution is 5.99. The highest BCUT2D eigenvalue weighted by Gasteiger charge is 2.16. The molecule has 1 aliphatic rings. The van der Waals surface area contributed by atoms with Gasteiger partial charge < -0.3 is 5.32 Å². The van der Waals surface area contributed by atoms with Gasteiger partial charge in [-0.25, -0.2) is 0 Å². The Morgan fingerprint density at radius 1 is 1.33 bits per heavy atom. The van der Waals surface area contributed by atoms with Gasteiger partial charge in [-0.15, -0.1) is 0 Å². The van der Waals surface area contributed by atoms with Gasteiger partial charge in [0.05, 0.1) is 6.42 Å². The van der Waals surface area contributed by atoms with E-state index in [9.17, 15) is 4.79 Å². The standard InChI is InChI=1S/C13H17NO/c1-2-3-4-5-10-6-7-12-11(8-10)9-13(15)14-12/h6-8H,2-5,9H2,1H3,(H,14,15). The number of unbranched alkanes of at least 4 members (excludes halogenated alkanes) is 2. The number of benzene rings is 1. The van der Waals surface area contributed by atoms with Crippen LogP contribution in [0.1, 0.15) is 37.3 Å². The van der Waals surface area contributed by atoms with Crippen molar-refractivity contribution in [3.8, 4) is 0 Å². The molecule has 2 heteroatoms. The van der Waals surface area contributed by atoms with E-state index >= 15 is 0 Å². The van der Waals surface area contributed by atoms with Crippen molar-refractivity contribution in [3.05, 3.63) is 29.3 Å². The zero-order valence-electron chi connectivity index (χ0n) is 9.18. The molecule has 0 radical (unpaired) electrons. The molecule has 1 aromatic carbocycles. The van der Waals surface area contributed by atoms with Crippen LogP contribution in [0.3, 0.4) is 0 Å². The van der Waals surface area contributed by atoms with Crippen molar-refractivity contribution < 1.29 is 4.79 Å². The Labute approximate surface area is 90.7 Å². The number of anilines is 1. The summed E-state index contributed by atoms with van der Waals surface area (Å²) >= 11 is 0. The van der Waals surface area contributed by atoms with Gasteiger partial charge in [-0.2, -0.15) is 0 Å². The van der Waals surface area contributed by atoms with E-state index in [1.54, 1.807) is 0 Å². The molecule has 1 N–H and O–H groups in total. The molecule has 1 heterocycles. The molecule has 1 aliphatic heterocycles. The van der Waals surface area contributed by atoms with Gasteiger partial charge in [0.25, 0.3) is 0 Å². The number of hydrogen-bond acceptors (Lipinski definition) is 1.